The molecule has 0 radical (unpaired) electrons. The minimum absolute atomic E-state index is 0. The molecule has 0 fully saturated rings. The quantitative estimate of drug-likeness (QED) is 0.421. The molecule has 0 amide bonds. The number of hydrogen-bond acceptors (Lipinski definition) is 2. The Labute approximate surface area is 104 Å². The van der Waals surface area contributed by atoms with E-state index in [0.717, 1.165) is 11.6 Å². The van der Waals surface area contributed by atoms with Crippen molar-refractivity contribution in [1.29, 1.82) is 0 Å². The van der Waals surface area contributed by atoms with Gasteiger partial charge in [0, 0.05) is 5.82 Å². The molecule has 52 valence electrons. The Kier molecular flexibility index (Phi) is 10.5. The fraction of sp³-hybridized carbons (Fsp3) is 0.667. The van der Waals surface area contributed by atoms with Gasteiger partial charge in [-0.15, -0.1) is 0 Å². The van der Waals surface area contributed by atoms with Gasteiger partial charge in [0.05, 0.1) is 0 Å². The van der Waals surface area contributed by atoms with Crippen LogP contribution in [0.2, 0.25) is 0 Å². The van der Waals surface area contributed by atoms with Gasteiger partial charge in [-0.1, -0.05) is 19.7 Å². The fourth-order valence-electron chi connectivity index (χ4n) is 0.424. The average molecular weight is 165 g/mol. The second-order valence-corrected chi connectivity index (χ2v) is 1.41. The Morgan fingerprint density at radius 2 is 1.70 bits per heavy atom. The number of hydrogen-bond donors (Lipinski definition) is 0. The molecular weight excluding hydrogens is 153 g/mol. The first kappa shape index (κ1) is 13.4. The van der Waals surface area contributed by atoms with E-state index in [0.29, 0.717) is 0 Å². The molecular formula is C6H12KN3. The van der Waals surface area contributed by atoms with Crippen LogP contribution in [-0.4, -0.2) is 10.1 Å². The van der Waals surface area contributed by atoms with E-state index in [4.69, 9.17) is 0 Å². The van der Waals surface area contributed by atoms with E-state index in [1.807, 2.05) is 27.7 Å². The average Bonchev–Trinajstić information content (AvgIpc) is 2.20. The molecule has 0 N–H and O–H groups in total. The van der Waals surface area contributed by atoms with Crippen LogP contribution in [0.4, 0.5) is 0 Å². The van der Waals surface area contributed by atoms with Gasteiger partial charge in [-0.05, 0) is 13.8 Å². The molecule has 0 spiro atoms. The van der Waals surface area contributed by atoms with E-state index in [9.17, 15) is 0 Å². The molecule has 1 heterocycles. The van der Waals surface area contributed by atoms with Crippen molar-refractivity contribution in [2.24, 2.45) is 0 Å². The number of nitrogens with zero attached hydrogens (tertiary/aromatic N) is 3. The zero-order valence-corrected chi connectivity index (χ0v) is 10.5. The smallest absolute Gasteiger partial charge is 0.427 e. The van der Waals surface area contributed by atoms with Crippen molar-refractivity contribution in [2.45, 2.75) is 27.7 Å². The first-order chi connectivity index (χ1) is 4.29. The van der Waals surface area contributed by atoms with Crippen molar-refractivity contribution in [2.75, 3.05) is 0 Å². The van der Waals surface area contributed by atoms with Crippen LogP contribution in [0.15, 0.2) is 0 Å². The third kappa shape index (κ3) is 5.55. The zero-order valence-electron chi connectivity index (χ0n) is 7.34. The molecule has 10 heavy (non-hydrogen) atoms. The molecule has 0 aromatic carbocycles. The number of rotatable bonds is 0. The largest absolute Gasteiger partial charge is 1.00 e. The minimum atomic E-state index is 0. The monoisotopic (exact) mass is 165 g/mol. The van der Waals surface area contributed by atoms with Gasteiger partial charge in [-0.3, -0.25) is 5.10 Å². The summed E-state index contributed by atoms with van der Waals surface area (Å²) in [7, 11) is 0. The summed E-state index contributed by atoms with van der Waals surface area (Å²) in [6.07, 6.45) is 0. The number of aromatic nitrogens is 3. The van der Waals surface area contributed by atoms with Crippen LogP contribution in [0.1, 0.15) is 25.5 Å². The van der Waals surface area contributed by atoms with Crippen LogP contribution in [-0.2, 0) is 0 Å². The Balaban J connectivity index is 0. The molecule has 0 aliphatic carbocycles. The van der Waals surface area contributed by atoms with Crippen LogP contribution in [0, 0.1) is 13.8 Å². The van der Waals surface area contributed by atoms with Gasteiger partial charge in [0.15, 0.2) is 0 Å². The first-order valence-electron chi connectivity index (χ1n) is 3.09. The van der Waals surface area contributed by atoms with E-state index < -0.39 is 0 Å². The van der Waals surface area contributed by atoms with Gasteiger partial charge in [-0.2, -0.15) is 0 Å². The van der Waals surface area contributed by atoms with Gasteiger partial charge < -0.3 is 10.1 Å². The molecule has 0 saturated carbocycles. The Hall–Kier alpha value is 0.776. The van der Waals surface area contributed by atoms with E-state index in [2.05, 4.69) is 15.2 Å². The van der Waals surface area contributed by atoms with E-state index >= 15 is 0 Å². The predicted octanol–water partition coefficient (Wildman–Crippen LogP) is -1.92. The molecule has 0 aliphatic heterocycles. The Bertz CT molecular complexity index is 145. The van der Waals surface area contributed by atoms with Gasteiger partial charge in [0.25, 0.3) is 0 Å². The van der Waals surface area contributed by atoms with Crippen LogP contribution >= 0.6 is 0 Å². The third-order valence-corrected chi connectivity index (χ3v) is 0.663. The maximum absolute atomic E-state index is 3.89. The SMILES string of the molecule is CC.Cc1n[n-]c(C)n1.[K+]. The first-order valence-corrected chi connectivity index (χ1v) is 3.09. The molecule has 0 saturated heterocycles. The van der Waals surface area contributed by atoms with Crippen molar-refractivity contribution < 1.29 is 51.4 Å². The van der Waals surface area contributed by atoms with E-state index in [1.54, 1.807) is 0 Å². The number of aryl methyl sites for hydroxylation is 2. The second-order valence-electron chi connectivity index (χ2n) is 1.41. The topological polar surface area (TPSA) is 39.9 Å². The van der Waals surface area contributed by atoms with Crippen molar-refractivity contribution in [3.05, 3.63) is 11.6 Å². The van der Waals surface area contributed by atoms with Crippen LogP contribution in [0.5, 0.6) is 0 Å². The normalized spacial score (nSPS) is 7.20. The van der Waals surface area contributed by atoms with E-state index in [1.165, 1.54) is 0 Å². The molecule has 1 aromatic heterocycles. The summed E-state index contributed by atoms with van der Waals surface area (Å²) in [5.41, 5.74) is 0. The summed E-state index contributed by atoms with van der Waals surface area (Å²) in [4.78, 5) is 3.89. The van der Waals surface area contributed by atoms with Gasteiger partial charge in [0.2, 0.25) is 0 Å². The van der Waals surface area contributed by atoms with Crippen LogP contribution in [0.3, 0.4) is 0 Å². The maximum atomic E-state index is 3.89. The maximum Gasteiger partial charge on any atom is 1.00 e. The summed E-state index contributed by atoms with van der Waals surface area (Å²) in [6.45, 7) is 7.64. The zero-order chi connectivity index (χ0) is 7.28. The fourth-order valence-corrected chi connectivity index (χ4v) is 0.424. The molecule has 0 atom stereocenters. The summed E-state index contributed by atoms with van der Waals surface area (Å²) in [6, 6.07) is 0. The van der Waals surface area contributed by atoms with Gasteiger partial charge in [-0.25, -0.2) is 0 Å². The minimum Gasteiger partial charge on any atom is -0.427 e. The van der Waals surface area contributed by atoms with Crippen LogP contribution < -0.4 is 56.5 Å². The Morgan fingerprint density at radius 1 is 1.20 bits per heavy atom. The van der Waals surface area contributed by atoms with Crippen molar-refractivity contribution in [3.63, 3.8) is 0 Å². The molecule has 4 heteroatoms. The van der Waals surface area contributed by atoms with Gasteiger partial charge >= 0.3 is 51.4 Å². The Morgan fingerprint density at radius 3 is 1.80 bits per heavy atom. The summed E-state index contributed by atoms with van der Waals surface area (Å²) in [5.74, 6) is 1.50. The predicted molar refractivity (Wildman–Crippen MR) is 36.2 cm³/mol. The van der Waals surface area contributed by atoms with Crippen molar-refractivity contribution in [1.82, 2.24) is 15.2 Å². The molecule has 1 aromatic rings. The molecule has 0 aliphatic rings. The standard InChI is InChI=1S/C4H6N3.C2H6.K/c1-3-5-4(2)7-6-3;1-2;/h1-2H3;1-2H3;/q-1;;+1. The molecule has 3 nitrogen and oxygen atoms in total. The molecule has 0 bridgehead atoms. The van der Waals surface area contributed by atoms with Gasteiger partial charge in [0.1, 0.15) is 0 Å². The van der Waals surface area contributed by atoms with Crippen molar-refractivity contribution >= 4 is 0 Å². The van der Waals surface area contributed by atoms with E-state index in [-0.39, 0.29) is 51.4 Å². The van der Waals surface area contributed by atoms with Crippen molar-refractivity contribution in [3.8, 4) is 0 Å². The third-order valence-electron chi connectivity index (χ3n) is 0.663. The molecule has 0 unspecified atom stereocenters. The summed E-state index contributed by atoms with van der Waals surface area (Å²) >= 11 is 0. The molecule has 1 rings (SSSR count). The van der Waals surface area contributed by atoms with Crippen LogP contribution in [0.25, 0.3) is 0 Å². The summed E-state index contributed by atoms with van der Waals surface area (Å²) < 4.78 is 0. The summed E-state index contributed by atoms with van der Waals surface area (Å²) in [5, 5.41) is 7.31. The second kappa shape index (κ2) is 7.88.